The zero-order valence-electron chi connectivity index (χ0n) is 13.7. The molecular weight excluding hydrogens is 318 g/mol. The second kappa shape index (κ2) is 5.92. The van der Waals surface area contributed by atoms with Crippen LogP contribution in [0, 0.1) is 0 Å². The average molecular weight is 339 g/mol. The van der Waals surface area contributed by atoms with Gasteiger partial charge >= 0.3 is 0 Å². The number of rotatable bonds is 5. The number of amides is 2. The van der Waals surface area contributed by atoms with Gasteiger partial charge in [-0.2, -0.15) is 0 Å². The summed E-state index contributed by atoms with van der Waals surface area (Å²) in [5.41, 5.74) is 0.387. The van der Waals surface area contributed by atoms with Gasteiger partial charge in [0.05, 0.1) is 10.8 Å². The van der Waals surface area contributed by atoms with E-state index in [1.165, 1.54) is 37.1 Å². The Morgan fingerprint density at radius 2 is 1.87 bits per heavy atom. The third-order valence-electron chi connectivity index (χ3n) is 3.88. The monoisotopic (exact) mass is 339 g/mol. The maximum atomic E-state index is 12.3. The second-order valence-electron chi connectivity index (χ2n) is 6.34. The highest BCUT2D eigenvalue weighted by molar-refractivity contribution is 7.94. The SMILES string of the molecule is CN(C)C(=O)c1ccc(NC(=O)C(C)(C)S(=O)(=O)C2CC2)nc1. The van der Waals surface area contributed by atoms with Crippen molar-refractivity contribution in [1.29, 1.82) is 0 Å². The molecule has 1 aromatic rings. The number of pyridine rings is 1. The molecule has 0 saturated heterocycles. The van der Waals surface area contributed by atoms with E-state index in [0.29, 0.717) is 18.4 Å². The van der Waals surface area contributed by atoms with E-state index in [4.69, 9.17) is 0 Å². The van der Waals surface area contributed by atoms with Crippen molar-refractivity contribution in [3.8, 4) is 0 Å². The fourth-order valence-electron chi connectivity index (χ4n) is 2.04. The summed E-state index contributed by atoms with van der Waals surface area (Å²) in [5.74, 6) is -0.611. The molecule has 7 nitrogen and oxygen atoms in total. The Kier molecular flexibility index (Phi) is 4.48. The number of sulfone groups is 1. The second-order valence-corrected chi connectivity index (χ2v) is 9.12. The normalized spacial score (nSPS) is 15.1. The summed E-state index contributed by atoms with van der Waals surface area (Å²) in [7, 11) is -0.262. The molecule has 0 atom stereocenters. The molecule has 2 rings (SSSR count). The number of carbonyl (C=O) groups is 2. The smallest absolute Gasteiger partial charge is 0.254 e. The van der Waals surface area contributed by atoms with Crippen LogP contribution in [0.15, 0.2) is 18.3 Å². The molecule has 0 radical (unpaired) electrons. The van der Waals surface area contributed by atoms with Gasteiger partial charge in [-0.05, 0) is 38.8 Å². The van der Waals surface area contributed by atoms with Crippen molar-refractivity contribution in [2.75, 3.05) is 19.4 Å². The van der Waals surface area contributed by atoms with Crippen LogP contribution in [0.2, 0.25) is 0 Å². The van der Waals surface area contributed by atoms with Crippen molar-refractivity contribution in [2.24, 2.45) is 0 Å². The molecule has 0 spiro atoms. The highest BCUT2D eigenvalue weighted by Crippen LogP contribution is 2.36. The third kappa shape index (κ3) is 3.36. The van der Waals surface area contributed by atoms with Gasteiger partial charge in [-0.3, -0.25) is 9.59 Å². The summed E-state index contributed by atoms with van der Waals surface area (Å²) >= 11 is 0. The lowest BCUT2D eigenvalue weighted by Crippen LogP contribution is -2.46. The first-order chi connectivity index (χ1) is 10.6. The Morgan fingerprint density at radius 3 is 2.30 bits per heavy atom. The predicted molar refractivity (Wildman–Crippen MR) is 86.9 cm³/mol. The lowest BCUT2D eigenvalue weighted by molar-refractivity contribution is -0.117. The maximum absolute atomic E-state index is 12.3. The number of carbonyl (C=O) groups excluding carboxylic acids is 2. The van der Waals surface area contributed by atoms with E-state index in [-0.39, 0.29) is 11.7 Å². The third-order valence-corrected chi connectivity index (χ3v) is 6.84. The highest BCUT2D eigenvalue weighted by atomic mass is 32.2. The molecule has 0 unspecified atom stereocenters. The molecule has 1 N–H and O–H groups in total. The molecule has 1 aliphatic carbocycles. The average Bonchev–Trinajstić information content (AvgIpc) is 3.31. The van der Waals surface area contributed by atoms with Crippen molar-refractivity contribution in [2.45, 2.75) is 36.7 Å². The molecule has 1 aromatic heterocycles. The standard InChI is InChI=1S/C15H21N3O4S/c1-15(2,23(21,22)11-6-7-11)14(20)17-12-8-5-10(9-16-12)13(19)18(3)4/h5,8-9,11H,6-7H2,1-4H3,(H,16,17,20). The van der Waals surface area contributed by atoms with E-state index in [9.17, 15) is 18.0 Å². The van der Waals surface area contributed by atoms with Crippen molar-refractivity contribution in [3.63, 3.8) is 0 Å². The molecule has 2 amide bonds. The lowest BCUT2D eigenvalue weighted by Gasteiger charge is -2.23. The Hall–Kier alpha value is -1.96. The van der Waals surface area contributed by atoms with E-state index in [0.717, 1.165) is 0 Å². The zero-order valence-corrected chi connectivity index (χ0v) is 14.5. The van der Waals surface area contributed by atoms with Gasteiger partial charge in [0.15, 0.2) is 9.84 Å². The fourth-order valence-corrected chi connectivity index (χ4v) is 3.94. The number of hydrogen-bond acceptors (Lipinski definition) is 5. The van der Waals surface area contributed by atoms with Crippen molar-refractivity contribution in [1.82, 2.24) is 9.88 Å². The van der Waals surface area contributed by atoms with Crippen molar-refractivity contribution in [3.05, 3.63) is 23.9 Å². The van der Waals surface area contributed by atoms with Crippen LogP contribution in [0.1, 0.15) is 37.0 Å². The van der Waals surface area contributed by atoms with Gasteiger partial charge in [-0.15, -0.1) is 0 Å². The Bertz CT molecular complexity index is 720. The summed E-state index contributed by atoms with van der Waals surface area (Å²) in [6, 6.07) is 3.02. The maximum Gasteiger partial charge on any atom is 0.254 e. The van der Waals surface area contributed by atoms with E-state index in [2.05, 4.69) is 10.3 Å². The summed E-state index contributed by atoms with van der Waals surface area (Å²) < 4.78 is 23.1. The summed E-state index contributed by atoms with van der Waals surface area (Å²) in [6.07, 6.45) is 2.57. The highest BCUT2D eigenvalue weighted by Gasteiger charge is 2.50. The predicted octanol–water partition coefficient (Wildman–Crippen LogP) is 1.08. The molecule has 1 saturated carbocycles. The van der Waals surface area contributed by atoms with Crippen LogP contribution in [-0.2, 0) is 14.6 Å². The van der Waals surface area contributed by atoms with E-state index < -0.39 is 25.7 Å². The summed E-state index contributed by atoms with van der Waals surface area (Å²) in [5, 5.41) is 2.09. The number of anilines is 1. The van der Waals surface area contributed by atoms with Gasteiger partial charge in [0, 0.05) is 20.3 Å². The first kappa shape index (κ1) is 17.4. The van der Waals surface area contributed by atoms with E-state index in [1.807, 2.05) is 0 Å². The molecule has 23 heavy (non-hydrogen) atoms. The molecule has 1 heterocycles. The molecule has 0 aromatic carbocycles. The van der Waals surface area contributed by atoms with Crippen LogP contribution in [0.4, 0.5) is 5.82 Å². The minimum Gasteiger partial charge on any atom is -0.345 e. The first-order valence-corrected chi connectivity index (χ1v) is 8.84. The minimum atomic E-state index is -3.52. The summed E-state index contributed by atoms with van der Waals surface area (Å²) in [6.45, 7) is 2.81. The number of nitrogens with one attached hydrogen (secondary N) is 1. The fraction of sp³-hybridized carbons (Fsp3) is 0.533. The van der Waals surface area contributed by atoms with Gasteiger partial charge in [0.2, 0.25) is 5.91 Å². The minimum absolute atomic E-state index is 0.202. The van der Waals surface area contributed by atoms with Crippen LogP contribution in [0.25, 0.3) is 0 Å². The van der Waals surface area contributed by atoms with Gasteiger partial charge in [-0.25, -0.2) is 13.4 Å². The molecule has 1 aliphatic rings. The molecule has 126 valence electrons. The quantitative estimate of drug-likeness (QED) is 0.866. The lowest BCUT2D eigenvalue weighted by atomic mass is 10.2. The number of aromatic nitrogens is 1. The van der Waals surface area contributed by atoms with Gasteiger partial charge in [0.25, 0.3) is 5.91 Å². The van der Waals surface area contributed by atoms with Crippen molar-refractivity contribution < 1.29 is 18.0 Å². The first-order valence-electron chi connectivity index (χ1n) is 7.30. The van der Waals surface area contributed by atoms with Crippen LogP contribution >= 0.6 is 0 Å². The van der Waals surface area contributed by atoms with Gasteiger partial charge in [-0.1, -0.05) is 0 Å². The van der Waals surface area contributed by atoms with Crippen molar-refractivity contribution >= 4 is 27.5 Å². The van der Waals surface area contributed by atoms with Crippen LogP contribution < -0.4 is 5.32 Å². The molecule has 1 fully saturated rings. The topological polar surface area (TPSA) is 96.4 Å². The number of hydrogen-bond donors (Lipinski definition) is 1. The van der Waals surface area contributed by atoms with E-state index >= 15 is 0 Å². The van der Waals surface area contributed by atoms with Crippen LogP contribution in [0.5, 0.6) is 0 Å². The zero-order chi connectivity index (χ0) is 17.4. The Balaban J connectivity index is 2.12. The summed E-state index contributed by atoms with van der Waals surface area (Å²) in [4.78, 5) is 29.5. The molecular formula is C15H21N3O4S. The van der Waals surface area contributed by atoms with E-state index in [1.54, 1.807) is 14.1 Å². The van der Waals surface area contributed by atoms with Gasteiger partial charge in [0.1, 0.15) is 10.6 Å². The van der Waals surface area contributed by atoms with Crippen LogP contribution in [0.3, 0.4) is 0 Å². The Morgan fingerprint density at radius 1 is 1.26 bits per heavy atom. The molecule has 0 aliphatic heterocycles. The number of nitrogens with zero attached hydrogens (tertiary/aromatic N) is 2. The molecule has 8 heteroatoms. The Labute approximate surface area is 136 Å². The van der Waals surface area contributed by atoms with Crippen LogP contribution in [-0.4, -0.2) is 54.2 Å². The van der Waals surface area contributed by atoms with Gasteiger partial charge < -0.3 is 10.2 Å². The largest absolute Gasteiger partial charge is 0.345 e. The molecule has 0 bridgehead atoms.